The van der Waals surface area contributed by atoms with Crippen LogP contribution in [0.3, 0.4) is 0 Å². The highest BCUT2D eigenvalue weighted by atomic mass is 16.7. The molecule has 0 N–H and O–H groups in total. The Morgan fingerprint density at radius 2 is 1.18 bits per heavy atom. The predicted octanol–water partition coefficient (Wildman–Crippen LogP) is 4.61. The molecule has 0 fully saturated rings. The highest BCUT2D eigenvalue weighted by Crippen LogP contribution is 2.34. The van der Waals surface area contributed by atoms with Gasteiger partial charge in [0.05, 0.1) is 12.5 Å². The number of ether oxygens (including phenoxy) is 4. The van der Waals surface area contributed by atoms with Crippen LogP contribution in [0.4, 0.5) is 0 Å². The fraction of sp³-hybridized carbons (Fsp3) is 0.222. The van der Waals surface area contributed by atoms with Gasteiger partial charge < -0.3 is 18.9 Å². The van der Waals surface area contributed by atoms with Gasteiger partial charge in [0.2, 0.25) is 12.6 Å². The molecule has 0 radical (unpaired) electrons. The van der Waals surface area contributed by atoms with Crippen LogP contribution in [-0.2, 0) is 9.47 Å². The molecule has 4 heteroatoms. The van der Waals surface area contributed by atoms with Crippen LogP contribution in [0.25, 0.3) is 10.8 Å². The van der Waals surface area contributed by atoms with Crippen molar-refractivity contribution < 1.29 is 18.9 Å². The van der Waals surface area contributed by atoms with E-state index in [2.05, 4.69) is 13.2 Å². The summed E-state index contributed by atoms with van der Waals surface area (Å²) < 4.78 is 22.0. The Labute approximate surface area is 130 Å². The van der Waals surface area contributed by atoms with E-state index in [9.17, 15) is 0 Å². The van der Waals surface area contributed by atoms with Crippen molar-refractivity contribution >= 4 is 10.8 Å². The summed E-state index contributed by atoms with van der Waals surface area (Å²) in [5.74, 6) is 1.43. The van der Waals surface area contributed by atoms with Crippen LogP contribution in [0.1, 0.15) is 13.8 Å². The molecule has 0 saturated heterocycles. The van der Waals surface area contributed by atoms with Gasteiger partial charge in [-0.25, -0.2) is 0 Å². The first-order valence-corrected chi connectivity index (χ1v) is 7.03. The van der Waals surface area contributed by atoms with Crippen LogP contribution in [0, 0.1) is 0 Å². The third-order valence-corrected chi connectivity index (χ3v) is 3.01. The van der Waals surface area contributed by atoms with Crippen molar-refractivity contribution in [2.75, 3.05) is 0 Å². The molecular weight excluding hydrogens is 280 g/mol. The van der Waals surface area contributed by atoms with E-state index in [0.717, 1.165) is 22.3 Å². The Bertz CT molecular complexity index is 594. The molecule has 2 atom stereocenters. The summed E-state index contributed by atoms with van der Waals surface area (Å²) in [6.45, 7) is 10.7. The largest absolute Gasteiger partial charge is 0.463 e. The van der Waals surface area contributed by atoms with Gasteiger partial charge in [-0.05, 0) is 12.1 Å². The van der Waals surface area contributed by atoms with Crippen molar-refractivity contribution in [1.29, 1.82) is 0 Å². The Morgan fingerprint density at radius 3 is 1.55 bits per heavy atom. The fourth-order valence-corrected chi connectivity index (χ4v) is 2.13. The number of hydrogen-bond acceptors (Lipinski definition) is 4. The standard InChI is InChI=1S/C18H20O4/c1-5-19-13(3)21-17-11-12-18(22-14(4)20-6-2)16-10-8-7-9-15(16)17/h5-14H,1-2H2,3-4H3. The third-order valence-electron chi connectivity index (χ3n) is 3.01. The maximum atomic E-state index is 5.78. The van der Waals surface area contributed by atoms with Crippen LogP contribution in [0.15, 0.2) is 62.1 Å². The molecule has 0 aliphatic rings. The van der Waals surface area contributed by atoms with Crippen LogP contribution in [-0.4, -0.2) is 12.6 Å². The zero-order valence-electron chi connectivity index (χ0n) is 12.8. The second-order valence-corrected chi connectivity index (χ2v) is 4.58. The smallest absolute Gasteiger partial charge is 0.237 e. The molecule has 0 aromatic heterocycles. The lowest BCUT2D eigenvalue weighted by Crippen LogP contribution is -2.14. The Balaban J connectivity index is 2.34. The molecule has 116 valence electrons. The molecule has 2 rings (SSSR count). The molecule has 0 bridgehead atoms. The summed E-state index contributed by atoms with van der Waals surface area (Å²) >= 11 is 0. The van der Waals surface area contributed by atoms with E-state index in [0.29, 0.717) is 0 Å². The van der Waals surface area contributed by atoms with Gasteiger partial charge in [-0.1, -0.05) is 37.4 Å². The number of rotatable bonds is 8. The second kappa shape index (κ2) is 7.41. The van der Waals surface area contributed by atoms with Crippen LogP contribution < -0.4 is 9.47 Å². The van der Waals surface area contributed by atoms with Gasteiger partial charge in [0.15, 0.2) is 0 Å². The summed E-state index contributed by atoms with van der Waals surface area (Å²) in [5.41, 5.74) is 0. The molecule has 0 spiro atoms. The van der Waals surface area contributed by atoms with E-state index in [1.807, 2.05) is 36.4 Å². The maximum Gasteiger partial charge on any atom is 0.237 e. The number of fused-ring (bicyclic) bond motifs is 1. The molecule has 22 heavy (non-hydrogen) atoms. The lowest BCUT2D eigenvalue weighted by Gasteiger charge is -2.19. The molecule has 0 aliphatic heterocycles. The first-order valence-electron chi connectivity index (χ1n) is 7.03. The minimum Gasteiger partial charge on any atom is -0.463 e. The van der Waals surface area contributed by atoms with E-state index in [4.69, 9.17) is 18.9 Å². The molecule has 2 aromatic rings. The van der Waals surface area contributed by atoms with E-state index in [1.54, 1.807) is 13.8 Å². The summed E-state index contributed by atoms with van der Waals surface area (Å²) in [4.78, 5) is 0. The van der Waals surface area contributed by atoms with Crippen molar-refractivity contribution in [3.63, 3.8) is 0 Å². The molecular formula is C18H20O4. The minimum absolute atomic E-state index is 0.421. The van der Waals surface area contributed by atoms with Gasteiger partial charge in [0, 0.05) is 24.6 Å². The lowest BCUT2D eigenvalue weighted by atomic mass is 10.1. The molecule has 0 heterocycles. The highest BCUT2D eigenvalue weighted by Gasteiger charge is 2.12. The Kier molecular flexibility index (Phi) is 5.31. The van der Waals surface area contributed by atoms with E-state index in [1.165, 1.54) is 12.5 Å². The molecule has 0 amide bonds. The summed E-state index contributed by atoms with van der Waals surface area (Å²) in [6.07, 6.45) is 1.88. The molecule has 0 aliphatic carbocycles. The first-order chi connectivity index (χ1) is 10.7. The molecule has 2 aromatic carbocycles. The van der Waals surface area contributed by atoms with Gasteiger partial charge in [-0.2, -0.15) is 0 Å². The van der Waals surface area contributed by atoms with E-state index >= 15 is 0 Å². The molecule has 2 unspecified atom stereocenters. The zero-order valence-corrected chi connectivity index (χ0v) is 12.8. The summed E-state index contributed by atoms with van der Waals surface area (Å²) in [7, 11) is 0. The number of benzene rings is 2. The van der Waals surface area contributed by atoms with Crippen molar-refractivity contribution in [3.05, 3.63) is 62.1 Å². The minimum atomic E-state index is -0.421. The number of hydrogen-bond donors (Lipinski definition) is 0. The summed E-state index contributed by atoms with van der Waals surface area (Å²) in [5, 5.41) is 1.87. The normalized spacial score (nSPS) is 13.0. The van der Waals surface area contributed by atoms with Gasteiger partial charge in [-0.15, -0.1) is 0 Å². The van der Waals surface area contributed by atoms with Gasteiger partial charge >= 0.3 is 0 Å². The highest BCUT2D eigenvalue weighted by molar-refractivity contribution is 5.93. The van der Waals surface area contributed by atoms with Crippen molar-refractivity contribution in [1.82, 2.24) is 0 Å². The van der Waals surface area contributed by atoms with Crippen molar-refractivity contribution in [3.8, 4) is 11.5 Å². The second-order valence-electron chi connectivity index (χ2n) is 4.58. The topological polar surface area (TPSA) is 36.9 Å². The monoisotopic (exact) mass is 300 g/mol. The fourth-order valence-electron chi connectivity index (χ4n) is 2.13. The Morgan fingerprint density at radius 1 is 0.773 bits per heavy atom. The van der Waals surface area contributed by atoms with Gasteiger partial charge in [0.25, 0.3) is 0 Å². The predicted molar refractivity (Wildman–Crippen MR) is 86.7 cm³/mol. The SMILES string of the molecule is C=COC(C)Oc1ccc(OC(C)OC=C)c2ccccc12. The Hall–Kier alpha value is -2.62. The first kappa shape index (κ1) is 15.8. The average molecular weight is 300 g/mol. The van der Waals surface area contributed by atoms with Crippen molar-refractivity contribution in [2.45, 2.75) is 26.4 Å². The zero-order chi connectivity index (χ0) is 15.9. The van der Waals surface area contributed by atoms with Gasteiger partial charge in [-0.3, -0.25) is 0 Å². The summed E-state index contributed by atoms with van der Waals surface area (Å²) in [6, 6.07) is 11.5. The van der Waals surface area contributed by atoms with Crippen molar-refractivity contribution in [2.24, 2.45) is 0 Å². The quantitative estimate of drug-likeness (QED) is 0.527. The molecule has 4 nitrogen and oxygen atoms in total. The van der Waals surface area contributed by atoms with E-state index in [-0.39, 0.29) is 0 Å². The van der Waals surface area contributed by atoms with Crippen LogP contribution in [0.5, 0.6) is 11.5 Å². The van der Waals surface area contributed by atoms with E-state index < -0.39 is 12.6 Å². The van der Waals surface area contributed by atoms with Gasteiger partial charge in [0.1, 0.15) is 11.5 Å². The lowest BCUT2D eigenvalue weighted by molar-refractivity contribution is -0.0144. The van der Waals surface area contributed by atoms with Crippen LogP contribution >= 0.6 is 0 Å². The average Bonchev–Trinajstić information content (AvgIpc) is 2.50. The maximum absolute atomic E-state index is 5.78. The van der Waals surface area contributed by atoms with Crippen LogP contribution in [0.2, 0.25) is 0 Å². The third kappa shape index (κ3) is 3.73. The molecule has 0 saturated carbocycles.